The molecule has 2 aromatic heterocycles. The summed E-state index contributed by atoms with van der Waals surface area (Å²) < 4.78 is 3.12. The van der Waals surface area contributed by atoms with E-state index in [4.69, 9.17) is 0 Å². The molecule has 0 amide bonds. The summed E-state index contributed by atoms with van der Waals surface area (Å²) in [5.41, 5.74) is 4.60. The lowest BCUT2D eigenvalue weighted by Crippen LogP contribution is -1.86. The highest BCUT2D eigenvalue weighted by atomic mass is 79.9. The SMILES string of the molecule is CCCCCCc1ccc(-c2cn3cc(Br)ccc3n2)cc1. The lowest BCUT2D eigenvalue weighted by molar-refractivity contribution is 0.667. The van der Waals surface area contributed by atoms with Crippen LogP contribution in [0.25, 0.3) is 16.9 Å². The Morgan fingerprint density at radius 1 is 0.955 bits per heavy atom. The fraction of sp³-hybridized carbons (Fsp3) is 0.316. The molecule has 0 radical (unpaired) electrons. The van der Waals surface area contributed by atoms with Gasteiger partial charge in [-0.15, -0.1) is 0 Å². The van der Waals surface area contributed by atoms with Gasteiger partial charge in [-0.2, -0.15) is 0 Å². The summed E-state index contributed by atoms with van der Waals surface area (Å²) in [6.45, 7) is 2.25. The lowest BCUT2D eigenvalue weighted by atomic mass is 10.0. The van der Waals surface area contributed by atoms with E-state index in [9.17, 15) is 0 Å². The van der Waals surface area contributed by atoms with Crippen LogP contribution in [-0.2, 0) is 6.42 Å². The van der Waals surface area contributed by atoms with Crippen LogP contribution in [0.5, 0.6) is 0 Å². The number of unbranched alkanes of at least 4 members (excludes halogenated alkanes) is 3. The van der Waals surface area contributed by atoms with Crippen molar-refractivity contribution in [3.8, 4) is 11.3 Å². The van der Waals surface area contributed by atoms with Gasteiger partial charge in [0.05, 0.1) is 5.69 Å². The number of nitrogens with zero attached hydrogens (tertiary/aromatic N) is 2. The van der Waals surface area contributed by atoms with Crippen LogP contribution in [0.4, 0.5) is 0 Å². The average molecular weight is 357 g/mol. The topological polar surface area (TPSA) is 17.3 Å². The molecule has 114 valence electrons. The van der Waals surface area contributed by atoms with E-state index >= 15 is 0 Å². The van der Waals surface area contributed by atoms with Gasteiger partial charge in [-0.25, -0.2) is 4.98 Å². The Morgan fingerprint density at radius 3 is 2.55 bits per heavy atom. The van der Waals surface area contributed by atoms with Crippen LogP contribution in [0.1, 0.15) is 38.2 Å². The molecule has 3 rings (SSSR count). The minimum atomic E-state index is 0.974. The van der Waals surface area contributed by atoms with Crippen LogP contribution in [0.2, 0.25) is 0 Å². The van der Waals surface area contributed by atoms with E-state index in [0.717, 1.165) is 15.8 Å². The van der Waals surface area contributed by atoms with Crippen molar-refractivity contribution in [1.82, 2.24) is 9.38 Å². The number of benzene rings is 1. The first-order valence-corrected chi connectivity index (χ1v) is 8.79. The zero-order chi connectivity index (χ0) is 15.4. The molecule has 0 bridgehead atoms. The highest BCUT2D eigenvalue weighted by Crippen LogP contribution is 2.21. The number of imidazole rings is 1. The molecule has 0 aliphatic carbocycles. The average Bonchev–Trinajstić information content (AvgIpc) is 2.95. The second-order valence-corrected chi connectivity index (χ2v) is 6.66. The van der Waals surface area contributed by atoms with Crippen molar-refractivity contribution in [3.05, 3.63) is 58.8 Å². The van der Waals surface area contributed by atoms with Gasteiger partial charge in [0.25, 0.3) is 0 Å². The number of hydrogen-bond acceptors (Lipinski definition) is 1. The number of aromatic nitrogens is 2. The number of rotatable bonds is 6. The Balaban J connectivity index is 1.73. The van der Waals surface area contributed by atoms with Crippen molar-refractivity contribution in [2.24, 2.45) is 0 Å². The molecule has 0 aliphatic heterocycles. The molecule has 0 N–H and O–H groups in total. The van der Waals surface area contributed by atoms with E-state index in [1.807, 2.05) is 18.3 Å². The Labute approximate surface area is 140 Å². The third-order valence-corrected chi connectivity index (χ3v) is 4.45. The Morgan fingerprint density at radius 2 is 1.77 bits per heavy atom. The number of halogens is 1. The summed E-state index contributed by atoms with van der Waals surface area (Å²) in [6, 6.07) is 12.9. The van der Waals surface area contributed by atoms with Crippen LogP contribution in [0.15, 0.2) is 53.3 Å². The highest BCUT2D eigenvalue weighted by Gasteiger charge is 2.04. The van der Waals surface area contributed by atoms with Gasteiger partial charge < -0.3 is 4.40 Å². The van der Waals surface area contributed by atoms with Crippen molar-refractivity contribution in [1.29, 1.82) is 0 Å². The predicted molar refractivity (Wildman–Crippen MR) is 96.2 cm³/mol. The maximum absolute atomic E-state index is 4.68. The van der Waals surface area contributed by atoms with Crippen molar-refractivity contribution in [2.45, 2.75) is 39.0 Å². The van der Waals surface area contributed by atoms with E-state index in [-0.39, 0.29) is 0 Å². The molecule has 2 heterocycles. The summed E-state index contributed by atoms with van der Waals surface area (Å²) in [7, 11) is 0. The van der Waals surface area contributed by atoms with Crippen LogP contribution in [-0.4, -0.2) is 9.38 Å². The number of aryl methyl sites for hydroxylation is 1. The molecule has 3 heteroatoms. The molecule has 0 saturated carbocycles. The molecule has 0 saturated heterocycles. The van der Waals surface area contributed by atoms with Gasteiger partial charge in [0.15, 0.2) is 0 Å². The molecule has 3 aromatic rings. The Kier molecular flexibility index (Phi) is 4.94. The van der Waals surface area contributed by atoms with Crippen LogP contribution in [0.3, 0.4) is 0 Å². The maximum Gasteiger partial charge on any atom is 0.137 e. The van der Waals surface area contributed by atoms with E-state index in [0.29, 0.717) is 0 Å². The van der Waals surface area contributed by atoms with Crippen molar-refractivity contribution in [3.63, 3.8) is 0 Å². The first-order valence-electron chi connectivity index (χ1n) is 8.00. The van der Waals surface area contributed by atoms with Gasteiger partial charge in [-0.1, -0.05) is 50.5 Å². The zero-order valence-corrected chi connectivity index (χ0v) is 14.5. The Bertz CT molecular complexity index is 744. The monoisotopic (exact) mass is 356 g/mol. The molecular formula is C19H21BrN2. The first-order chi connectivity index (χ1) is 10.8. The second-order valence-electron chi connectivity index (χ2n) is 5.75. The van der Waals surface area contributed by atoms with Gasteiger partial charge in [-0.3, -0.25) is 0 Å². The van der Waals surface area contributed by atoms with Gasteiger partial charge in [0.2, 0.25) is 0 Å². The summed E-state index contributed by atoms with van der Waals surface area (Å²) in [5.74, 6) is 0. The molecule has 0 aliphatic rings. The van der Waals surface area contributed by atoms with Crippen molar-refractivity contribution >= 4 is 21.6 Å². The molecular weight excluding hydrogens is 336 g/mol. The zero-order valence-electron chi connectivity index (χ0n) is 12.9. The molecule has 1 aromatic carbocycles. The minimum absolute atomic E-state index is 0.974. The van der Waals surface area contributed by atoms with Crippen molar-refractivity contribution in [2.75, 3.05) is 0 Å². The van der Waals surface area contributed by atoms with Gasteiger partial charge >= 0.3 is 0 Å². The second kappa shape index (κ2) is 7.10. The number of hydrogen-bond donors (Lipinski definition) is 0. The minimum Gasteiger partial charge on any atom is -0.305 e. The smallest absolute Gasteiger partial charge is 0.137 e. The highest BCUT2D eigenvalue weighted by molar-refractivity contribution is 9.10. The predicted octanol–water partition coefficient (Wildman–Crippen LogP) is 5.89. The molecule has 2 nitrogen and oxygen atoms in total. The van der Waals surface area contributed by atoms with E-state index in [1.165, 1.54) is 43.2 Å². The third-order valence-electron chi connectivity index (χ3n) is 3.98. The standard InChI is InChI=1S/C19H21BrN2/c1-2-3-4-5-6-15-7-9-16(10-8-15)18-14-22-13-17(20)11-12-19(22)21-18/h7-14H,2-6H2,1H3. The fourth-order valence-corrected chi connectivity index (χ4v) is 3.05. The molecule has 0 unspecified atom stereocenters. The fourth-order valence-electron chi connectivity index (χ4n) is 2.70. The molecule has 0 atom stereocenters. The number of fused-ring (bicyclic) bond motifs is 1. The quantitative estimate of drug-likeness (QED) is 0.503. The maximum atomic E-state index is 4.68. The normalized spacial score (nSPS) is 11.2. The van der Waals surface area contributed by atoms with E-state index < -0.39 is 0 Å². The summed E-state index contributed by atoms with van der Waals surface area (Å²) in [6.07, 6.45) is 10.6. The molecule has 0 fully saturated rings. The third kappa shape index (κ3) is 3.58. The first kappa shape index (κ1) is 15.3. The van der Waals surface area contributed by atoms with E-state index in [2.05, 4.69) is 62.7 Å². The summed E-state index contributed by atoms with van der Waals surface area (Å²) in [5, 5.41) is 0. The van der Waals surface area contributed by atoms with Crippen LogP contribution < -0.4 is 0 Å². The van der Waals surface area contributed by atoms with Gasteiger partial charge in [0, 0.05) is 22.4 Å². The summed E-state index contributed by atoms with van der Waals surface area (Å²) >= 11 is 3.49. The van der Waals surface area contributed by atoms with Crippen molar-refractivity contribution < 1.29 is 0 Å². The van der Waals surface area contributed by atoms with Crippen LogP contribution >= 0.6 is 15.9 Å². The largest absolute Gasteiger partial charge is 0.305 e. The van der Waals surface area contributed by atoms with Gasteiger partial charge in [-0.05, 0) is 46.5 Å². The molecule has 22 heavy (non-hydrogen) atoms. The van der Waals surface area contributed by atoms with E-state index in [1.54, 1.807) is 0 Å². The summed E-state index contributed by atoms with van der Waals surface area (Å²) in [4.78, 5) is 4.68. The lowest BCUT2D eigenvalue weighted by Gasteiger charge is -2.02. The number of pyridine rings is 1. The van der Waals surface area contributed by atoms with Crippen LogP contribution in [0, 0.1) is 0 Å². The Hall–Kier alpha value is -1.61. The molecule has 0 spiro atoms. The van der Waals surface area contributed by atoms with Gasteiger partial charge in [0.1, 0.15) is 5.65 Å².